The van der Waals surface area contributed by atoms with Gasteiger partial charge in [0.15, 0.2) is 6.29 Å². The molecule has 3 N–H and O–H groups in total. The van der Waals surface area contributed by atoms with E-state index in [-0.39, 0.29) is 31.3 Å². The molecule has 2 heterocycles. The number of likely N-dealkylation sites (tertiary alicyclic amines) is 1. The Morgan fingerprint density at radius 1 is 0.792 bits per heavy atom. The van der Waals surface area contributed by atoms with Crippen molar-refractivity contribution < 1.29 is 28.9 Å². The second-order valence-electron chi connectivity index (χ2n) is 14.3. The highest BCUT2D eigenvalue weighted by molar-refractivity contribution is 5.83. The summed E-state index contributed by atoms with van der Waals surface area (Å²) >= 11 is 0. The van der Waals surface area contributed by atoms with Crippen LogP contribution in [0.1, 0.15) is 79.2 Å². The van der Waals surface area contributed by atoms with Crippen molar-refractivity contribution in [3.63, 3.8) is 0 Å². The molecule has 9 nitrogen and oxygen atoms in total. The predicted molar refractivity (Wildman–Crippen MR) is 206 cm³/mol. The van der Waals surface area contributed by atoms with Crippen LogP contribution in [0.4, 0.5) is 4.79 Å². The fourth-order valence-electron chi connectivity index (χ4n) is 7.38. The van der Waals surface area contributed by atoms with Crippen LogP contribution in [0.2, 0.25) is 0 Å². The van der Waals surface area contributed by atoms with E-state index in [0.29, 0.717) is 6.42 Å². The summed E-state index contributed by atoms with van der Waals surface area (Å²) in [5, 5.41) is 15.3. The first-order valence-electron chi connectivity index (χ1n) is 19.0. The van der Waals surface area contributed by atoms with Crippen LogP contribution in [0.5, 0.6) is 0 Å². The van der Waals surface area contributed by atoms with Crippen molar-refractivity contribution in [1.82, 2.24) is 15.5 Å². The van der Waals surface area contributed by atoms with Gasteiger partial charge in [-0.2, -0.15) is 0 Å². The number of benzene rings is 4. The number of amides is 2. The lowest BCUT2D eigenvalue weighted by Crippen LogP contribution is -2.47. The summed E-state index contributed by atoms with van der Waals surface area (Å²) in [4.78, 5) is 27.9. The lowest BCUT2D eigenvalue weighted by Gasteiger charge is -2.43. The molecule has 0 aromatic heterocycles. The van der Waals surface area contributed by atoms with Gasteiger partial charge in [0.25, 0.3) is 0 Å². The van der Waals surface area contributed by atoms with E-state index in [4.69, 9.17) is 14.2 Å². The molecule has 5 atom stereocenters. The molecule has 4 aromatic carbocycles. The Bertz CT molecular complexity index is 1760. The third-order valence-electron chi connectivity index (χ3n) is 10.5. The quantitative estimate of drug-likeness (QED) is 0.130. The molecule has 2 aliphatic rings. The zero-order chi connectivity index (χ0) is 37.0. The zero-order valence-corrected chi connectivity index (χ0v) is 30.9. The number of rotatable bonds is 12. The van der Waals surface area contributed by atoms with E-state index in [9.17, 15) is 14.7 Å². The second kappa shape index (κ2) is 19.0. The van der Waals surface area contributed by atoms with Crippen LogP contribution >= 0.6 is 0 Å². The van der Waals surface area contributed by atoms with Crippen molar-refractivity contribution in [3.8, 4) is 11.1 Å². The first kappa shape index (κ1) is 38.2. The number of methoxy groups -OCH3 is 1. The Labute approximate surface area is 313 Å². The molecule has 6 rings (SSSR count). The molecule has 2 amide bonds. The van der Waals surface area contributed by atoms with Crippen molar-refractivity contribution in [2.75, 3.05) is 26.7 Å². The van der Waals surface area contributed by atoms with E-state index in [1.54, 1.807) is 0 Å². The van der Waals surface area contributed by atoms with E-state index in [1.165, 1.54) is 39.2 Å². The minimum absolute atomic E-state index is 0.00650. The molecule has 0 bridgehead atoms. The average molecular weight is 720 g/mol. The molecule has 53 heavy (non-hydrogen) atoms. The van der Waals surface area contributed by atoms with E-state index < -0.39 is 24.3 Å². The number of esters is 1. The van der Waals surface area contributed by atoms with E-state index in [0.717, 1.165) is 58.6 Å². The maximum atomic E-state index is 12.9. The van der Waals surface area contributed by atoms with Gasteiger partial charge in [0.2, 0.25) is 0 Å². The summed E-state index contributed by atoms with van der Waals surface area (Å²) in [6.45, 7) is 5.56. The summed E-state index contributed by atoms with van der Waals surface area (Å²) in [5.74, 6) is -0.372. The van der Waals surface area contributed by atoms with Crippen LogP contribution < -0.4 is 10.6 Å². The van der Waals surface area contributed by atoms with Gasteiger partial charge in [0.1, 0.15) is 6.04 Å². The lowest BCUT2D eigenvalue weighted by atomic mass is 9.89. The molecule has 280 valence electrons. The Morgan fingerprint density at radius 2 is 1.47 bits per heavy atom. The molecule has 2 fully saturated rings. The molecular weight excluding hydrogens is 666 g/mol. The second-order valence-corrected chi connectivity index (χ2v) is 14.3. The van der Waals surface area contributed by atoms with Crippen LogP contribution in [-0.2, 0) is 38.6 Å². The number of carbonyl (C=O) groups is 2. The van der Waals surface area contributed by atoms with E-state index in [2.05, 4.69) is 64.9 Å². The van der Waals surface area contributed by atoms with Crippen LogP contribution in [0.3, 0.4) is 0 Å². The van der Waals surface area contributed by atoms with Gasteiger partial charge in [-0.3, -0.25) is 0 Å². The summed E-state index contributed by atoms with van der Waals surface area (Å²) < 4.78 is 18.6. The summed E-state index contributed by atoms with van der Waals surface area (Å²) in [7, 11) is 1.32. The molecule has 0 radical (unpaired) electrons. The molecule has 0 spiro atoms. The molecular formula is C44H53N3O6. The highest BCUT2D eigenvalue weighted by atomic mass is 16.7. The molecule has 2 aliphatic heterocycles. The predicted octanol–water partition coefficient (Wildman–Crippen LogP) is 7.49. The first-order chi connectivity index (χ1) is 25.9. The summed E-state index contributed by atoms with van der Waals surface area (Å²) in [5.41, 5.74) is 6.75. The van der Waals surface area contributed by atoms with Gasteiger partial charge in [-0.15, -0.1) is 0 Å². The van der Waals surface area contributed by atoms with Crippen molar-refractivity contribution in [2.24, 2.45) is 5.92 Å². The third-order valence-corrected chi connectivity index (χ3v) is 10.5. The summed E-state index contributed by atoms with van der Waals surface area (Å²) in [6.07, 6.45) is 5.91. The summed E-state index contributed by atoms with van der Waals surface area (Å²) in [6, 6.07) is 32.7. The standard InChI is InChI=1S/C44H53N3O6/c1-31-40(29-47-23-9-4-3-5-10-24-47)52-43(53-41(31)35-21-19-33(30-48)20-22-35)38-18-12-17-37(27-38)36-16-11-15-34(25-36)28-45-44(50)46-39(42(49)51-2)26-32-13-7-6-8-14-32/h6-8,11-22,25,27,31,39-41,43,48H,3-5,9-10,23-24,26,28-30H2,1-2H3,(H2,45,46,50). The van der Waals surface area contributed by atoms with E-state index >= 15 is 0 Å². The number of urea groups is 1. The maximum Gasteiger partial charge on any atom is 0.328 e. The minimum atomic E-state index is -0.809. The number of hydrogen-bond donors (Lipinski definition) is 3. The molecule has 4 aromatic rings. The van der Waals surface area contributed by atoms with Crippen molar-refractivity contribution in [1.29, 1.82) is 0 Å². The number of carbonyl (C=O) groups excluding carboxylic acids is 2. The lowest BCUT2D eigenvalue weighted by molar-refractivity contribution is -0.276. The molecule has 5 unspecified atom stereocenters. The van der Waals surface area contributed by atoms with Crippen molar-refractivity contribution in [2.45, 2.75) is 83.1 Å². The fourth-order valence-corrected chi connectivity index (χ4v) is 7.38. The number of ether oxygens (including phenoxy) is 3. The zero-order valence-electron chi connectivity index (χ0n) is 30.9. The monoisotopic (exact) mass is 719 g/mol. The number of aliphatic hydroxyl groups is 1. The average Bonchev–Trinajstić information content (AvgIpc) is 3.19. The normalized spacial score (nSPS) is 21.5. The first-order valence-corrected chi connectivity index (χ1v) is 19.0. The van der Waals surface area contributed by atoms with E-state index in [1.807, 2.05) is 60.7 Å². The number of nitrogens with zero attached hydrogens (tertiary/aromatic N) is 1. The highest BCUT2D eigenvalue weighted by Gasteiger charge is 2.39. The SMILES string of the molecule is COC(=O)C(Cc1ccccc1)NC(=O)NCc1cccc(-c2cccc(C3OC(CN4CCCCCCC4)C(C)C(c4ccc(CO)cc4)O3)c2)c1. The van der Waals surface area contributed by atoms with Gasteiger partial charge in [0, 0.05) is 31.0 Å². The fraction of sp³-hybridized carbons (Fsp3) is 0.409. The van der Waals surface area contributed by atoms with Gasteiger partial charge < -0.3 is 34.9 Å². The van der Waals surface area contributed by atoms with Gasteiger partial charge >= 0.3 is 12.0 Å². The molecule has 0 aliphatic carbocycles. The Balaban J connectivity index is 1.16. The van der Waals surface area contributed by atoms with Gasteiger partial charge in [0.05, 0.1) is 25.9 Å². The van der Waals surface area contributed by atoms with Crippen molar-refractivity contribution in [3.05, 3.63) is 131 Å². The topological polar surface area (TPSA) is 109 Å². The number of aliphatic hydroxyl groups excluding tert-OH is 1. The minimum Gasteiger partial charge on any atom is -0.467 e. The Morgan fingerprint density at radius 3 is 2.19 bits per heavy atom. The highest BCUT2D eigenvalue weighted by Crippen LogP contribution is 2.42. The van der Waals surface area contributed by atoms with Crippen LogP contribution in [0.25, 0.3) is 11.1 Å². The van der Waals surface area contributed by atoms with Gasteiger partial charge in [-0.25, -0.2) is 9.59 Å². The smallest absolute Gasteiger partial charge is 0.328 e. The Hall–Kier alpha value is -4.54. The molecule has 2 saturated heterocycles. The largest absolute Gasteiger partial charge is 0.467 e. The third kappa shape index (κ3) is 10.5. The van der Waals surface area contributed by atoms with Crippen LogP contribution in [0, 0.1) is 5.92 Å². The van der Waals surface area contributed by atoms with Crippen molar-refractivity contribution >= 4 is 12.0 Å². The molecule has 0 saturated carbocycles. The number of nitrogens with one attached hydrogen (secondary N) is 2. The number of hydrogen-bond acceptors (Lipinski definition) is 7. The van der Waals surface area contributed by atoms with Crippen LogP contribution in [0.15, 0.2) is 103 Å². The van der Waals surface area contributed by atoms with Crippen LogP contribution in [-0.4, -0.2) is 60.9 Å². The van der Waals surface area contributed by atoms with Gasteiger partial charge in [-0.05, 0) is 71.4 Å². The Kier molecular flexibility index (Phi) is 13.7. The maximum absolute atomic E-state index is 12.9. The van der Waals surface area contributed by atoms with Gasteiger partial charge in [-0.1, -0.05) is 117 Å². The molecule has 9 heteroatoms.